The number of rotatable bonds is 7. The van der Waals surface area contributed by atoms with Gasteiger partial charge in [0, 0.05) is 13.0 Å². The second-order valence-corrected chi connectivity index (χ2v) is 4.77. The molecular formula is C12H20N2O6. The van der Waals surface area contributed by atoms with Crippen LogP contribution in [-0.2, 0) is 14.3 Å². The summed E-state index contributed by atoms with van der Waals surface area (Å²) in [5, 5.41) is 22.5. The van der Waals surface area contributed by atoms with Crippen molar-refractivity contribution in [3.8, 4) is 0 Å². The van der Waals surface area contributed by atoms with Crippen LogP contribution in [0.15, 0.2) is 0 Å². The molecule has 2 unspecified atom stereocenters. The molecule has 2 amide bonds. The Morgan fingerprint density at radius 2 is 2.05 bits per heavy atom. The molecule has 4 N–H and O–H groups in total. The number of nitrogens with one attached hydrogen (secondary N) is 2. The average molecular weight is 288 g/mol. The van der Waals surface area contributed by atoms with E-state index in [9.17, 15) is 14.4 Å². The molecule has 114 valence electrons. The van der Waals surface area contributed by atoms with Gasteiger partial charge in [0.15, 0.2) is 0 Å². The molecule has 1 aliphatic heterocycles. The van der Waals surface area contributed by atoms with Crippen LogP contribution in [0.5, 0.6) is 0 Å². The number of hydrogen-bond acceptors (Lipinski definition) is 4. The Hall–Kier alpha value is -1.83. The molecule has 8 nitrogen and oxygen atoms in total. The fraction of sp³-hybridized carbons (Fsp3) is 0.750. The first-order valence-corrected chi connectivity index (χ1v) is 6.53. The Bertz CT molecular complexity index is 373. The maximum absolute atomic E-state index is 11.7. The summed E-state index contributed by atoms with van der Waals surface area (Å²) in [6, 6.07) is -1.80. The third-order valence-electron chi connectivity index (χ3n) is 3.18. The van der Waals surface area contributed by atoms with E-state index in [4.69, 9.17) is 14.9 Å². The summed E-state index contributed by atoms with van der Waals surface area (Å²) >= 11 is 0. The number of urea groups is 1. The van der Waals surface area contributed by atoms with Crippen LogP contribution in [0.3, 0.4) is 0 Å². The highest BCUT2D eigenvalue weighted by atomic mass is 16.5. The summed E-state index contributed by atoms with van der Waals surface area (Å²) in [5.41, 5.74) is 0. The molecule has 1 aliphatic rings. The zero-order valence-corrected chi connectivity index (χ0v) is 11.3. The van der Waals surface area contributed by atoms with E-state index in [1.165, 1.54) is 0 Å². The largest absolute Gasteiger partial charge is 0.481 e. The van der Waals surface area contributed by atoms with E-state index in [1.807, 2.05) is 6.92 Å². The molecule has 0 aromatic carbocycles. The molecule has 0 saturated carbocycles. The van der Waals surface area contributed by atoms with Crippen molar-refractivity contribution < 1.29 is 29.3 Å². The fourth-order valence-corrected chi connectivity index (χ4v) is 2.00. The van der Waals surface area contributed by atoms with Gasteiger partial charge in [0.25, 0.3) is 0 Å². The van der Waals surface area contributed by atoms with Crippen molar-refractivity contribution in [2.24, 2.45) is 0 Å². The number of hydrogen-bond donors (Lipinski definition) is 4. The lowest BCUT2D eigenvalue weighted by Gasteiger charge is -2.19. The first-order valence-electron chi connectivity index (χ1n) is 6.53. The van der Waals surface area contributed by atoms with Crippen molar-refractivity contribution >= 4 is 18.0 Å². The summed E-state index contributed by atoms with van der Waals surface area (Å²) in [4.78, 5) is 33.1. The fourth-order valence-electron chi connectivity index (χ4n) is 2.00. The van der Waals surface area contributed by atoms with Crippen LogP contribution in [0.25, 0.3) is 0 Å². The minimum absolute atomic E-state index is 0.0752. The summed E-state index contributed by atoms with van der Waals surface area (Å²) < 4.78 is 5.29. The lowest BCUT2D eigenvalue weighted by atomic mass is 10.1. The predicted octanol–water partition coefficient (Wildman–Crippen LogP) is 0.171. The van der Waals surface area contributed by atoms with Crippen LogP contribution in [-0.4, -0.2) is 53.0 Å². The normalized spacial score (nSPS) is 23.1. The van der Waals surface area contributed by atoms with Crippen LogP contribution in [0, 0.1) is 0 Å². The predicted molar refractivity (Wildman–Crippen MR) is 68.4 cm³/mol. The molecule has 3 atom stereocenters. The second kappa shape index (κ2) is 7.68. The van der Waals surface area contributed by atoms with Crippen LogP contribution >= 0.6 is 0 Å². The van der Waals surface area contributed by atoms with Crippen LogP contribution in [0.4, 0.5) is 4.79 Å². The Kier molecular flexibility index (Phi) is 6.23. The topological polar surface area (TPSA) is 125 Å². The van der Waals surface area contributed by atoms with Gasteiger partial charge >= 0.3 is 18.0 Å². The van der Waals surface area contributed by atoms with Crippen molar-refractivity contribution in [1.82, 2.24) is 10.6 Å². The summed E-state index contributed by atoms with van der Waals surface area (Å²) in [7, 11) is 0. The molecule has 0 radical (unpaired) electrons. The van der Waals surface area contributed by atoms with Crippen molar-refractivity contribution in [1.29, 1.82) is 0 Å². The molecule has 20 heavy (non-hydrogen) atoms. The van der Waals surface area contributed by atoms with Gasteiger partial charge in [-0.2, -0.15) is 0 Å². The zero-order valence-electron chi connectivity index (χ0n) is 11.3. The zero-order chi connectivity index (χ0) is 15.1. The summed E-state index contributed by atoms with van der Waals surface area (Å²) in [5.74, 6) is -2.17. The Labute approximate surface area is 116 Å². The molecule has 1 heterocycles. The lowest BCUT2D eigenvalue weighted by Crippen LogP contribution is -2.50. The third kappa shape index (κ3) is 5.43. The summed E-state index contributed by atoms with van der Waals surface area (Å²) in [6.07, 6.45) is 0.726. The molecule has 1 fully saturated rings. The molecule has 8 heteroatoms. The van der Waals surface area contributed by atoms with E-state index in [-0.39, 0.29) is 31.4 Å². The van der Waals surface area contributed by atoms with Crippen molar-refractivity contribution in [2.45, 2.75) is 50.8 Å². The highest BCUT2D eigenvalue weighted by Gasteiger charge is 2.27. The average Bonchev–Trinajstić information content (AvgIpc) is 2.73. The van der Waals surface area contributed by atoms with Crippen LogP contribution in [0.2, 0.25) is 0 Å². The number of aliphatic carboxylic acids is 2. The third-order valence-corrected chi connectivity index (χ3v) is 3.18. The van der Waals surface area contributed by atoms with Gasteiger partial charge in [0.2, 0.25) is 0 Å². The standard InChI is InChI=1S/C12H20N2O6/c1-7-8(5-6-20-7)13-12(19)14-9(11(17)18)3-2-4-10(15)16/h7-9H,2-6H2,1H3,(H,15,16)(H,17,18)(H2,13,14,19)/t7?,8?,9-/m1/s1. The minimum atomic E-state index is -1.18. The van der Waals surface area contributed by atoms with E-state index in [0.29, 0.717) is 13.0 Å². The van der Waals surface area contributed by atoms with Gasteiger partial charge in [-0.3, -0.25) is 4.79 Å². The minimum Gasteiger partial charge on any atom is -0.481 e. The number of ether oxygens (including phenoxy) is 1. The Morgan fingerprint density at radius 3 is 2.55 bits per heavy atom. The smallest absolute Gasteiger partial charge is 0.326 e. The van der Waals surface area contributed by atoms with Gasteiger partial charge in [-0.1, -0.05) is 0 Å². The SMILES string of the molecule is CC1OCCC1NC(=O)N[C@H](CCCC(=O)O)C(=O)O. The molecule has 0 spiro atoms. The van der Waals surface area contributed by atoms with Gasteiger partial charge in [-0.15, -0.1) is 0 Å². The van der Waals surface area contributed by atoms with E-state index in [1.54, 1.807) is 0 Å². The maximum Gasteiger partial charge on any atom is 0.326 e. The van der Waals surface area contributed by atoms with Crippen molar-refractivity contribution in [2.75, 3.05) is 6.61 Å². The number of carboxylic acid groups (broad SMARTS) is 2. The molecular weight excluding hydrogens is 268 g/mol. The van der Waals surface area contributed by atoms with Gasteiger partial charge < -0.3 is 25.6 Å². The van der Waals surface area contributed by atoms with E-state index < -0.39 is 24.0 Å². The Morgan fingerprint density at radius 1 is 1.35 bits per heavy atom. The highest BCUT2D eigenvalue weighted by Crippen LogP contribution is 2.12. The van der Waals surface area contributed by atoms with E-state index in [2.05, 4.69) is 10.6 Å². The monoisotopic (exact) mass is 288 g/mol. The highest BCUT2D eigenvalue weighted by molar-refractivity contribution is 5.82. The number of carbonyl (C=O) groups excluding carboxylic acids is 1. The molecule has 1 rings (SSSR count). The first-order chi connectivity index (χ1) is 9.40. The number of amides is 2. The number of carbonyl (C=O) groups is 3. The van der Waals surface area contributed by atoms with Crippen molar-refractivity contribution in [3.63, 3.8) is 0 Å². The number of carboxylic acids is 2. The lowest BCUT2D eigenvalue weighted by molar-refractivity contribution is -0.140. The molecule has 1 saturated heterocycles. The Balaban J connectivity index is 2.38. The van der Waals surface area contributed by atoms with Crippen LogP contribution in [0.1, 0.15) is 32.6 Å². The van der Waals surface area contributed by atoms with E-state index in [0.717, 1.165) is 0 Å². The second-order valence-electron chi connectivity index (χ2n) is 4.77. The van der Waals surface area contributed by atoms with Gasteiger partial charge in [-0.05, 0) is 26.2 Å². The van der Waals surface area contributed by atoms with E-state index >= 15 is 0 Å². The summed E-state index contributed by atoms with van der Waals surface area (Å²) in [6.45, 7) is 2.40. The van der Waals surface area contributed by atoms with Gasteiger partial charge in [-0.25, -0.2) is 9.59 Å². The molecule has 0 bridgehead atoms. The molecule has 0 aromatic heterocycles. The van der Waals surface area contributed by atoms with Crippen molar-refractivity contribution in [3.05, 3.63) is 0 Å². The van der Waals surface area contributed by atoms with Gasteiger partial charge in [0.1, 0.15) is 6.04 Å². The van der Waals surface area contributed by atoms with Crippen LogP contribution < -0.4 is 10.6 Å². The maximum atomic E-state index is 11.7. The molecule has 0 aliphatic carbocycles. The molecule has 0 aromatic rings. The first kappa shape index (κ1) is 16.2. The van der Waals surface area contributed by atoms with Gasteiger partial charge in [0.05, 0.1) is 12.1 Å². The quantitative estimate of drug-likeness (QED) is 0.529.